The summed E-state index contributed by atoms with van der Waals surface area (Å²) in [6, 6.07) is 0. The lowest BCUT2D eigenvalue weighted by atomic mass is 10.3. The Hall–Kier alpha value is -0.520. The molecule has 4 atom stereocenters. The summed E-state index contributed by atoms with van der Waals surface area (Å²) in [5.74, 6) is -1.25. The number of thioether (sulfide) groups is 2. The topological polar surface area (TPSA) is 156 Å². The molecule has 6 N–H and O–H groups in total. The average molecular weight is 374 g/mol. The van der Waals surface area contributed by atoms with Gasteiger partial charge in [0.2, 0.25) is 0 Å². The number of carboxylic acid groups (broad SMARTS) is 2. The smallest absolute Gasteiger partial charge is 0.316 e. The molecule has 23 heavy (non-hydrogen) atoms. The zero-order chi connectivity index (χ0) is 18.4. The van der Waals surface area contributed by atoms with Crippen molar-refractivity contribution in [2.45, 2.75) is 43.0 Å². The molecule has 0 aromatic carbocycles. The van der Waals surface area contributed by atoms with Gasteiger partial charge in [0, 0.05) is 11.5 Å². The number of rotatable bonds is 11. The van der Waals surface area contributed by atoms with Gasteiger partial charge >= 0.3 is 11.9 Å². The Morgan fingerprint density at radius 1 is 0.913 bits per heavy atom. The summed E-state index contributed by atoms with van der Waals surface area (Å²) in [5.41, 5.74) is 0. The Bertz CT molecular complexity index is 329. The summed E-state index contributed by atoms with van der Waals surface area (Å²) in [6.07, 6.45) is -1.11. The maximum absolute atomic E-state index is 10.5. The van der Waals surface area contributed by atoms with Gasteiger partial charge in [0.1, 0.15) is 5.25 Å². The van der Waals surface area contributed by atoms with Crippen molar-refractivity contribution in [2.24, 2.45) is 0 Å². The molecule has 0 radical (unpaired) electrons. The van der Waals surface area contributed by atoms with Crippen LogP contribution in [0.5, 0.6) is 0 Å². The number of hydrogen-bond acceptors (Lipinski definition) is 8. The number of aliphatic hydroxyl groups excluding tert-OH is 4. The fourth-order valence-electron chi connectivity index (χ4n) is 1.02. The standard InChI is InChI=1S/C7H14O4S.C6H12O4S/c1-2-6(7(10)11)12-4-5(9)3-8;1-4(6(9)10)11-3-5(8)2-7/h5-6,8-9H,2-4H2,1H3,(H,10,11);4-5,7-8H,2-3H2,1H3,(H,9,10). The van der Waals surface area contributed by atoms with Crippen LogP contribution in [0.3, 0.4) is 0 Å². The highest BCUT2D eigenvalue weighted by atomic mass is 32.2. The van der Waals surface area contributed by atoms with Crippen LogP contribution < -0.4 is 0 Å². The van der Waals surface area contributed by atoms with Gasteiger partial charge < -0.3 is 30.6 Å². The number of carboxylic acids is 2. The molecule has 8 nitrogen and oxygen atoms in total. The van der Waals surface area contributed by atoms with E-state index in [9.17, 15) is 9.59 Å². The second kappa shape index (κ2) is 15.0. The second-order valence-corrected chi connectivity index (χ2v) is 7.16. The third-order valence-corrected chi connectivity index (χ3v) is 5.24. The predicted molar refractivity (Wildman–Crippen MR) is 89.9 cm³/mol. The highest BCUT2D eigenvalue weighted by Crippen LogP contribution is 2.15. The normalized spacial score (nSPS) is 15.7. The summed E-state index contributed by atoms with van der Waals surface area (Å²) >= 11 is 2.26. The van der Waals surface area contributed by atoms with E-state index in [1.807, 2.05) is 0 Å². The van der Waals surface area contributed by atoms with Crippen molar-refractivity contribution in [1.29, 1.82) is 0 Å². The number of carbonyl (C=O) groups is 2. The van der Waals surface area contributed by atoms with Crippen LogP contribution in [0.1, 0.15) is 20.3 Å². The van der Waals surface area contributed by atoms with E-state index < -0.39 is 34.6 Å². The summed E-state index contributed by atoms with van der Waals surface area (Å²) in [4.78, 5) is 20.7. The second-order valence-electron chi connectivity index (χ2n) is 4.56. The van der Waals surface area contributed by atoms with E-state index in [4.69, 9.17) is 30.6 Å². The first kappa shape index (κ1) is 24.7. The fourth-order valence-corrected chi connectivity index (χ4v) is 2.72. The van der Waals surface area contributed by atoms with Crippen molar-refractivity contribution in [3.8, 4) is 0 Å². The van der Waals surface area contributed by atoms with Crippen LogP contribution in [-0.2, 0) is 9.59 Å². The van der Waals surface area contributed by atoms with Crippen molar-refractivity contribution in [3.63, 3.8) is 0 Å². The van der Waals surface area contributed by atoms with E-state index in [-0.39, 0.29) is 24.7 Å². The van der Waals surface area contributed by atoms with Crippen molar-refractivity contribution in [3.05, 3.63) is 0 Å². The first-order valence-electron chi connectivity index (χ1n) is 6.96. The molecule has 0 saturated carbocycles. The number of aliphatic carboxylic acids is 2. The Balaban J connectivity index is 0. The van der Waals surface area contributed by atoms with Gasteiger partial charge in [-0.3, -0.25) is 9.59 Å². The Morgan fingerprint density at radius 2 is 1.35 bits per heavy atom. The minimum Gasteiger partial charge on any atom is -0.480 e. The van der Waals surface area contributed by atoms with Crippen LogP contribution in [0.2, 0.25) is 0 Å². The molecule has 0 aliphatic carbocycles. The van der Waals surface area contributed by atoms with Crippen molar-refractivity contribution in [2.75, 3.05) is 24.7 Å². The lowest BCUT2D eigenvalue weighted by Crippen LogP contribution is -2.21. The van der Waals surface area contributed by atoms with Crippen LogP contribution in [0, 0.1) is 0 Å². The van der Waals surface area contributed by atoms with E-state index in [0.717, 1.165) is 23.5 Å². The molecule has 0 saturated heterocycles. The maximum Gasteiger partial charge on any atom is 0.316 e. The van der Waals surface area contributed by atoms with Crippen LogP contribution >= 0.6 is 23.5 Å². The van der Waals surface area contributed by atoms with E-state index >= 15 is 0 Å². The monoisotopic (exact) mass is 374 g/mol. The molecular formula is C13H26O8S2. The van der Waals surface area contributed by atoms with Crippen LogP contribution in [-0.4, -0.2) is 90.0 Å². The number of aliphatic hydroxyl groups is 4. The van der Waals surface area contributed by atoms with Crippen LogP contribution in [0.25, 0.3) is 0 Å². The molecular weight excluding hydrogens is 348 g/mol. The third kappa shape index (κ3) is 14.8. The van der Waals surface area contributed by atoms with Gasteiger partial charge in [0.15, 0.2) is 0 Å². The molecule has 0 aromatic rings. The molecule has 0 amide bonds. The largest absolute Gasteiger partial charge is 0.480 e. The molecule has 0 aliphatic rings. The van der Waals surface area contributed by atoms with E-state index in [0.29, 0.717) is 6.42 Å². The average Bonchev–Trinajstić information content (AvgIpc) is 2.52. The molecule has 4 unspecified atom stereocenters. The summed E-state index contributed by atoms with van der Waals surface area (Å²) in [5, 5.41) is 50.6. The molecule has 0 bridgehead atoms. The van der Waals surface area contributed by atoms with Crippen molar-refractivity contribution < 1.29 is 40.2 Å². The van der Waals surface area contributed by atoms with E-state index in [1.54, 1.807) is 6.92 Å². The molecule has 0 heterocycles. The lowest BCUT2D eigenvalue weighted by molar-refractivity contribution is -0.137. The fraction of sp³-hybridized carbons (Fsp3) is 0.846. The Kier molecular flexibility index (Phi) is 16.2. The zero-order valence-electron chi connectivity index (χ0n) is 13.2. The third-order valence-electron chi connectivity index (χ3n) is 2.44. The van der Waals surface area contributed by atoms with Gasteiger partial charge in [0.25, 0.3) is 0 Å². The van der Waals surface area contributed by atoms with Gasteiger partial charge in [-0.15, -0.1) is 23.5 Å². The highest BCUT2D eigenvalue weighted by Gasteiger charge is 2.16. The molecule has 138 valence electrons. The van der Waals surface area contributed by atoms with Gasteiger partial charge in [-0.25, -0.2) is 0 Å². The SMILES string of the molecule is CC(SCC(O)CO)C(=O)O.CCC(SCC(O)CO)C(=O)O. The first-order chi connectivity index (χ1) is 10.7. The molecule has 0 aliphatic heterocycles. The van der Waals surface area contributed by atoms with Crippen LogP contribution in [0.4, 0.5) is 0 Å². The minimum atomic E-state index is -0.903. The molecule has 0 fully saturated rings. The van der Waals surface area contributed by atoms with E-state index in [1.165, 1.54) is 6.92 Å². The Labute approximate surface area is 143 Å². The van der Waals surface area contributed by atoms with Crippen LogP contribution in [0.15, 0.2) is 0 Å². The van der Waals surface area contributed by atoms with Gasteiger partial charge in [0.05, 0.1) is 30.7 Å². The minimum absolute atomic E-state index is 0.254. The quantitative estimate of drug-likeness (QED) is 0.278. The molecule has 0 rings (SSSR count). The summed E-state index contributed by atoms with van der Waals surface area (Å²) < 4.78 is 0. The predicted octanol–water partition coefficient (Wildman–Crippen LogP) is -0.518. The molecule has 0 aromatic heterocycles. The maximum atomic E-state index is 10.5. The Morgan fingerprint density at radius 3 is 1.65 bits per heavy atom. The van der Waals surface area contributed by atoms with Crippen molar-refractivity contribution >= 4 is 35.5 Å². The van der Waals surface area contributed by atoms with Gasteiger partial charge in [-0.2, -0.15) is 0 Å². The summed E-state index contributed by atoms with van der Waals surface area (Å²) in [6.45, 7) is 2.68. The first-order valence-corrected chi connectivity index (χ1v) is 9.05. The lowest BCUT2D eigenvalue weighted by Gasteiger charge is -2.11. The molecule has 0 spiro atoms. The number of hydrogen-bond donors (Lipinski definition) is 6. The van der Waals surface area contributed by atoms with Crippen molar-refractivity contribution in [1.82, 2.24) is 0 Å². The van der Waals surface area contributed by atoms with Gasteiger partial charge in [-0.1, -0.05) is 6.92 Å². The molecule has 10 heteroatoms. The highest BCUT2D eigenvalue weighted by molar-refractivity contribution is 8.00. The van der Waals surface area contributed by atoms with E-state index in [2.05, 4.69) is 0 Å². The van der Waals surface area contributed by atoms with Gasteiger partial charge in [-0.05, 0) is 13.3 Å². The zero-order valence-corrected chi connectivity index (χ0v) is 14.8. The summed E-state index contributed by atoms with van der Waals surface area (Å²) in [7, 11) is 0.